The van der Waals surface area contributed by atoms with Crippen molar-refractivity contribution in [3.63, 3.8) is 0 Å². The average molecular weight is 466 g/mol. The first-order valence-corrected chi connectivity index (χ1v) is 10.9. The van der Waals surface area contributed by atoms with Crippen molar-refractivity contribution in [3.8, 4) is 0 Å². The van der Waals surface area contributed by atoms with Gasteiger partial charge in [0, 0.05) is 38.9 Å². The van der Waals surface area contributed by atoms with E-state index in [1.807, 2.05) is 10.6 Å². The van der Waals surface area contributed by atoms with Crippen molar-refractivity contribution in [1.82, 2.24) is 4.57 Å². The summed E-state index contributed by atoms with van der Waals surface area (Å²) in [5.41, 5.74) is 1.90. The third kappa shape index (κ3) is 3.72. The minimum atomic E-state index is -0.462. The van der Waals surface area contributed by atoms with E-state index in [0.29, 0.717) is 33.1 Å². The predicted octanol–water partition coefficient (Wildman–Crippen LogP) is 6.49. The van der Waals surface area contributed by atoms with Crippen LogP contribution in [-0.4, -0.2) is 23.4 Å². The van der Waals surface area contributed by atoms with E-state index in [1.54, 1.807) is 12.1 Å². The molecule has 0 amide bonds. The van der Waals surface area contributed by atoms with Crippen LogP contribution in [0.5, 0.6) is 0 Å². The molecule has 8 heteroatoms. The number of nitrogens with zero attached hydrogens (tertiary/aromatic N) is 1. The minimum absolute atomic E-state index is 0.0852. The van der Waals surface area contributed by atoms with Gasteiger partial charge in [0.15, 0.2) is 5.78 Å². The van der Waals surface area contributed by atoms with Crippen LogP contribution >= 0.6 is 35.0 Å². The molecule has 4 nitrogen and oxygen atoms in total. The molecule has 0 radical (unpaired) electrons. The van der Waals surface area contributed by atoms with E-state index in [9.17, 15) is 14.0 Å². The van der Waals surface area contributed by atoms with E-state index < -0.39 is 5.82 Å². The molecule has 2 aromatic carbocycles. The fourth-order valence-electron chi connectivity index (χ4n) is 4.02. The highest BCUT2D eigenvalue weighted by Crippen LogP contribution is 2.48. The molecule has 0 bridgehead atoms. The maximum Gasteiger partial charge on any atom is 0.306 e. The lowest BCUT2D eigenvalue weighted by atomic mass is 9.99. The van der Waals surface area contributed by atoms with Crippen LogP contribution in [0.2, 0.25) is 10.0 Å². The van der Waals surface area contributed by atoms with Gasteiger partial charge < -0.3 is 9.30 Å². The molecule has 1 aliphatic rings. The predicted molar refractivity (Wildman–Crippen MR) is 116 cm³/mol. The first-order chi connectivity index (χ1) is 14.3. The van der Waals surface area contributed by atoms with E-state index in [-0.39, 0.29) is 24.1 Å². The first-order valence-electron chi connectivity index (χ1n) is 9.36. The molecule has 0 spiro atoms. The van der Waals surface area contributed by atoms with Crippen LogP contribution < -0.4 is 0 Å². The Morgan fingerprint density at radius 3 is 2.67 bits per heavy atom. The van der Waals surface area contributed by atoms with Crippen molar-refractivity contribution < 1.29 is 18.7 Å². The van der Waals surface area contributed by atoms with Crippen LogP contribution in [0.3, 0.4) is 0 Å². The maximum atomic E-state index is 14.3. The average Bonchev–Trinajstić information content (AvgIpc) is 3.23. The van der Waals surface area contributed by atoms with E-state index in [4.69, 9.17) is 27.9 Å². The Kier molecular flexibility index (Phi) is 5.84. The zero-order chi connectivity index (χ0) is 21.6. The Morgan fingerprint density at radius 1 is 1.23 bits per heavy atom. The number of rotatable bonds is 5. The Labute approximate surface area is 187 Å². The van der Waals surface area contributed by atoms with Gasteiger partial charge in [-0.15, -0.1) is 0 Å². The largest absolute Gasteiger partial charge is 0.469 e. The number of hydrogen-bond acceptors (Lipinski definition) is 4. The minimum Gasteiger partial charge on any atom is -0.469 e. The summed E-state index contributed by atoms with van der Waals surface area (Å²) in [6, 6.07) is 8.03. The van der Waals surface area contributed by atoms with Gasteiger partial charge in [0.2, 0.25) is 0 Å². The Balaban J connectivity index is 1.95. The van der Waals surface area contributed by atoms with Crippen LogP contribution in [0.4, 0.5) is 4.39 Å². The molecule has 0 fully saturated rings. The third-order valence-electron chi connectivity index (χ3n) is 5.34. The molecule has 30 heavy (non-hydrogen) atoms. The molecule has 4 rings (SSSR count). The molecule has 156 valence electrons. The molecule has 1 unspecified atom stereocenters. The summed E-state index contributed by atoms with van der Waals surface area (Å²) in [7, 11) is 1.36. The second-order valence-corrected chi connectivity index (χ2v) is 9.11. The fourth-order valence-corrected chi connectivity index (χ4v) is 5.62. The van der Waals surface area contributed by atoms with Gasteiger partial charge in [-0.25, -0.2) is 4.39 Å². The standard InChI is InChI=1S/C22H18Cl2FNO3S/c1-11(27)15-8-13(25)9-18-20(15)22(30-14-3-4-16(23)17(24)10-14)21-12(5-6-26(18)21)7-19(28)29-2/h3-4,8-10,12H,5-7H2,1-2H3. The summed E-state index contributed by atoms with van der Waals surface area (Å²) in [6.45, 7) is 2.06. The Bertz CT molecular complexity index is 1190. The number of halogens is 3. The van der Waals surface area contributed by atoms with Crippen molar-refractivity contribution in [2.75, 3.05) is 7.11 Å². The van der Waals surface area contributed by atoms with E-state index in [0.717, 1.165) is 21.9 Å². The number of aryl methyl sites for hydroxylation is 1. The number of Topliss-reactive ketones (excluding diaryl/α,β-unsaturated/α-hetero) is 1. The topological polar surface area (TPSA) is 48.3 Å². The lowest BCUT2D eigenvalue weighted by Gasteiger charge is -2.12. The van der Waals surface area contributed by atoms with E-state index >= 15 is 0 Å². The van der Waals surface area contributed by atoms with Gasteiger partial charge in [0.25, 0.3) is 0 Å². The number of carbonyl (C=O) groups excluding carboxylic acids is 2. The Morgan fingerprint density at radius 2 is 2.00 bits per heavy atom. The van der Waals surface area contributed by atoms with E-state index in [1.165, 1.54) is 37.9 Å². The number of ketones is 1. The summed E-state index contributed by atoms with van der Waals surface area (Å²) in [5, 5.41) is 1.57. The highest BCUT2D eigenvalue weighted by atomic mass is 35.5. The first kappa shape index (κ1) is 21.2. The van der Waals surface area contributed by atoms with E-state index in [2.05, 4.69) is 0 Å². The summed E-state index contributed by atoms with van der Waals surface area (Å²) >= 11 is 13.7. The number of carbonyl (C=O) groups is 2. The smallest absolute Gasteiger partial charge is 0.306 e. The number of hydrogen-bond donors (Lipinski definition) is 0. The van der Waals surface area contributed by atoms with Crippen molar-refractivity contribution >= 4 is 57.6 Å². The third-order valence-corrected chi connectivity index (χ3v) is 7.19. The van der Waals surface area contributed by atoms with Crippen LogP contribution in [0.25, 0.3) is 10.9 Å². The van der Waals surface area contributed by atoms with Crippen molar-refractivity contribution in [3.05, 3.63) is 57.5 Å². The number of esters is 1. The normalized spacial score (nSPS) is 15.4. The van der Waals surface area contributed by atoms with Crippen LogP contribution in [0.15, 0.2) is 40.1 Å². The zero-order valence-electron chi connectivity index (χ0n) is 16.3. The molecular weight excluding hydrogens is 448 g/mol. The highest BCUT2D eigenvalue weighted by Gasteiger charge is 2.33. The van der Waals surface area contributed by atoms with Gasteiger partial charge in [-0.2, -0.15) is 0 Å². The molecule has 0 saturated heterocycles. The van der Waals surface area contributed by atoms with Crippen molar-refractivity contribution in [1.29, 1.82) is 0 Å². The van der Waals surface area contributed by atoms with Gasteiger partial charge in [-0.3, -0.25) is 9.59 Å². The summed E-state index contributed by atoms with van der Waals surface area (Å²) < 4.78 is 21.2. The SMILES string of the molecule is COC(=O)CC1CCn2c1c(Sc1ccc(Cl)c(Cl)c1)c1c(C(C)=O)cc(F)cc12. The molecule has 2 heterocycles. The maximum absolute atomic E-state index is 14.3. The van der Waals surface area contributed by atoms with Crippen LogP contribution in [-0.2, 0) is 16.1 Å². The quantitative estimate of drug-likeness (QED) is 0.319. The summed E-state index contributed by atoms with van der Waals surface area (Å²) in [6.07, 6.45) is 0.959. The van der Waals surface area contributed by atoms with Crippen molar-refractivity contribution in [2.24, 2.45) is 0 Å². The molecule has 1 aliphatic heterocycles. The zero-order valence-corrected chi connectivity index (χ0v) is 18.6. The molecule has 0 saturated carbocycles. The lowest BCUT2D eigenvalue weighted by Crippen LogP contribution is -2.07. The molecule has 0 aliphatic carbocycles. The Hall–Kier alpha value is -2.02. The second kappa shape index (κ2) is 8.25. The van der Waals surface area contributed by atoms with Crippen molar-refractivity contribution in [2.45, 2.75) is 42.0 Å². The van der Waals surface area contributed by atoms with Crippen LogP contribution in [0.1, 0.15) is 41.7 Å². The number of methoxy groups -OCH3 is 1. The molecule has 1 aromatic heterocycles. The highest BCUT2D eigenvalue weighted by molar-refractivity contribution is 7.99. The van der Waals surface area contributed by atoms with Gasteiger partial charge in [0.05, 0.1) is 29.1 Å². The summed E-state index contributed by atoms with van der Waals surface area (Å²) in [4.78, 5) is 26.0. The molecule has 0 N–H and O–H groups in total. The van der Waals surface area contributed by atoms with Gasteiger partial charge >= 0.3 is 5.97 Å². The molecule has 3 aromatic rings. The molecule has 1 atom stereocenters. The fraction of sp³-hybridized carbons (Fsp3) is 0.273. The monoisotopic (exact) mass is 465 g/mol. The van der Waals surface area contributed by atoms with Gasteiger partial charge in [-0.1, -0.05) is 35.0 Å². The van der Waals surface area contributed by atoms with Gasteiger partial charge in [0.1, 0.15) is 5.82 Å². The number of benzene rings is 2. The van der Waals surface area contributed by atoms with Gasteiger partial charge in [-0.05, 0) is 43.7 Å². The second-order valence-electron chi connectivity index (χ2n) is 7.21. The number of fused-ring (bicyclic) bond motifs is 3. The van der Waals surface area contributed by atoms with Crippen LogP contribution in [0, 0.1) is 5.82 Å². The lowest BCUT2D eigenvalue weighted by molar-refractivity contribution is -0.141. The summed E-state index contributed by atoms with van der Waals surface area (Å²) in [5.74, 6) is -1.07. The number of ether oxygens (including phenoxy) is 1. The molecular formula is C22H18Cl2FNO3S. The number of aromatic nitrogens is 1.